The minimum Gasteiger partial charge on any atom is -0.497 e. The molecule has 2 aliphatic heterocycles. The molecule has 1 amide bonds. The number of Topliss-reactive ketones (excluding diaryl/α,β-unsaturated/α-hetero) is 1. The van der Waals surface area contributed by atoms with Crippen LogP contribution in [0.25, 0.3) is 11.0 Å². The van der Waals surface area contributed by atoms with E-state index in [1.165, 1.54) is 11.8 Å². The van der Waals surface area contributed by atoms with Crippen molar-refractivity contribution in [3.8, 4) is 5.75 Å². The molecule has 3 aromatic rings. The number of aryl methyl sites for hydroxylation is 1. The minimum absolute atomic E-state index is 0.0542. The highest BCUT2D eigenvalue weighted by Gasteiger charge is 2.32. The molecule has 142 valence electrons. The van der Waals surface area contributed by atoms with E-state index in [-0.39, 0.29) is 11.7 Å². The molecule has 0 saturated heterocycles. The number of methoxy groups -OCH3 is 1. The fourth-order valence-corrected chi connectivity index (χ4v) is 4.80. The number of anilines is 1. The molecule has 6 nitrogen and oxygen atoms in total. The van der Waals surface area contributed by atoms with Gasteiger partial charge in [-0.25, -0.2) is 4.98 Å². The maximum atomic E-state index is 12.8. The van der Waals surface area contributed by atoms with Crippen LogP contribution in [0.2, 0.25) is 0 Å². The number of carbonyl (C=O) groups excluding carboxylic acids is 2. The third-order valence-corrected chi connectivity index (χ3v) is 6.21. The van der Waals surface area contributed by atoms with E-state index in [4.69, 9.17) is 4.74 Å². The van der Waals surface area contributed by atoms with E-state index in [1.807, 2.05) is 35.2 Å². The van der Waals surface area contributed by atoms with E-state index >= 15 is 0 Å². The van der Waals surface area contributed by atoms with E-state index < -0.39 is 0 Å². The van der Waals surface area contributed by atoms with Gasteiger partial charge in [0.1, 0.15) is 5.75 Å². The van der Waals surface area contributed by atoms with Gasteiger partial charge in [-0.2, -0.15) is 0 Å². The topological polar surface area (TPSA) is 75.3 Å². The third-order valence-electron chi connectivity index (χ3n) is 5.34. The maximum absolute atomic E-state index is 12.8. The van der Waals surface area contributed by atoms with Crippen molar-refractivity contribution < 1.29 is 14.3 Å². The largest absolute Gasteiger partial charge is 0.497 e. The van der Waals surface area contributed by atoms with Crippen LogP contribution in [0.4, 0.5) is 5.69 Å². The molecule has 1 N–H and O–H groups in total. The van der Waals surface area contributed by atoms with Crippen molar-refractivity contribution in [1.29, 1.82) is 0 Å². The predicted octanol–water partition coefficient (Wildman–Crippen LogP) is 3.38. The number of H-pyrrole nitrogens is 1. The molecule has 0 bridgehead atoms. The molecule has 0 radical (unpaired) electrons. The van der Waals surface area contributed by atoms with E-state index in [9.17, 15) is 9.59 Å². The van der Waals surface area contributed by atoms with Crippen LogP contribution >= 0.6 is 11.8 Å². The van der Waals surface area contributed by atoms with Crippen molar-refractivity contribution in [2.45, 2.75) is 24.4 Å². The Hall–Kier alpha value is -2.80. The number of benzene rings is 2. The van der Waals surface area contributed by atoms with Crippen molar-refractivity contribution in [2.75, 3.05) is 24.3 Å². The van der Waals surface area contributed by atoms with E-state index in [1.54, 1.807) is 7.11 Å². The first kappa shape index (κ1) is 17.3. The number of thioether (sulfide) groups is 1. The average Bonchev–Trinajstić information content (AvgIpc) is 3.27. The zero-order valence-electron chi connectivity index (χ0n) is 15.4. The lowest BCUT2D eigenvalue weighted by Crippen LogP contribution is -2.31. The van der Waals surface area contributed by atoms with Crippen LogP contribution in [0.3, 0.4) is 0 Å². The van der Waals surface area contributed by atoms with Crippen molar-refractivity contribution in [3.63, 3.8) is 0 Å². The molecule has 0 unspecified atom stereocenters. The van der Waals surface area contributed by atoms with Crippen LogP contribution in [0.5, 0.6) is 5.75 Å². The fraction of sp³-hybridized carbons (Fsp3) is 0.286. The highest BCUT2D eigenvalue weighted by Crippen LogP contribution is 2.38. The molecule has 0 saturated carbocycles. The Morgan fingerprint density at radius 3 is 3.00 bits per heavy atom. The van der Waals surface area contributed by atoms with Gasteiger partial charge in [-0.05, 0) is 48.2 Å². The second-order valence-electron chi connectivity index (χ2n) is 7.11. The summed E-state index contributed by atoms with van der Waals surface area (Å²) in [4.78, 5) is 34.6. The van der Waals surface area contributed by atoms with Gasteiger partial charge >= 0.3 is 0 Å². The molecule has 7 heteroatoms. The first-order valence-electron chi connectivity index (χ1n) is 9.28. The van der Waals surface area contributed by atoms with Gasteiger partial charge < -0.3 is 14.6 Å². The van der Waals surface area contributed by atoms with Crippen molar-refractivity contribution in [3.05, 3.63) is 47.0 Å². The number of rotatable bonds is 5. The summed E-state index contributed by atoms with van der Waals surface area (Å²) in [5, 5.41) is 0.709. The zero-order valence-corrected chi connectivity index (χ0v) is 16.3. The number of hydrogen-bond acceptors (Lipinski definition) is 5. The second-order valence-corrected chi connectivity index (χ2v) is 8.07. The average molecular weight is 393 g/mol. The Kier molecular flexibility index (Phi) is 4.12. The quantitative estimate of drug-likeness (QED) is 0.531. The Labute approximate surface area is 166 Å². The van der Waals surface area contributed by atoms with Crippen LogP contribution in [0.1, 0.15) is 27.9 Å². The zero-order chi connectivity index (χ0) is 19.3. The molecule has 3 heterocycles. The first-order chi connectivity index (χ1) is 13.6. The molecule has 0 spiro atoms. The molecule has 28 heavy (non-hydrogen) atoms. The van der Waals surface area contributed by atoms with Gasteiger partial charge in [-0.15, -0.1) is 0 Å². The highest BCUT2D eigenvalue weighted by atomic mass is 32.2. The summed E-state index contributed by atoms with van der Waals surface area (Å²) in [6.07, 6.45) is 2.28. The molecule has 0 fully saturated rings. The van der Waals surface area contributed by atoms with Gasteiger partial charge in [0, 0.05) is 18.2 Å². The summed E-state index contributed by atoms with van der Waals surface area (Å²) in [5.74, 6) is 1.26. The summed E-state index contributed by atoms with van der Waals surface area (Å²) in [5.41, 5.74) is 5.58. The maximum Gasteiger partial charge on any atom is 0.231 e. The summed E-state index contributed by atoms with van der Waals surface area (Å²) < 4.78 is 5.23. The van der Waals surface area contributed by atoms with Crippen molar-refractivity contribution in [2.24, 2.45) is 0 Å². The third kappa shape index (κ3) is 2.86. The van der Waals surface area contributed by atoms with E-state index in [2.05, 4.69) is 9.97 Å². The Balaban J connectivity index is 1.35. The number of carbonyl (C=O) groups is 2. The Morgan fingerprint density at radius 2 is 2.14 bits per heavy atom. The van der Waals surface area contributed by atoms with Gasteiger partial charge in [0.05, 0.1) is 36.0 Å². The minimum atomic E-state index is 0.0542. The predicted molar refractivity (Wildman–Crippen MR) is 109 cm³/mol. The highest BCUT2D eigenvalue weighted by molar-refractivity contribution is 7.99. The number of fused-ring (bicyclic) bond motifs is 1. The number of imidazole rings is 1. The number of aromatic nitrogens is 2. The van der Waals surface area contributed by atoms with Crippen LogP contribution in [-0.4, -0.2) is 41.1 Å². The number of ketones is 1. The van der Waals surface area contributed by atoms with Gasteiger partial charge in [0.2, 0.25) is 5.91 Å². The fourth-order valence-electron chi connectivity index (χ4n) is 4.02. The number of nitrogens with one attached hydrogen (secondary N) is 1. The molecule has 2 aromatic carbocycles. The number of amides is 1. The number of aromatic amines is 1. The second kappa shape index (κ2) is 6.67. The van der Waals surface area contributed by atoms with Crippen LogP contribution in [0.15, 0.2) is 35.5 Å². The normalized spacial score (nSPS) is 15.2. The number of hydrogen-bond donors (Lipinski definition) is 1. The van der Waals surface area contributed by atoms with Crippen LogP contribution < -0.4 is 9.64 Å². The standard InChI is InChI=1S/C21H19N3O3S/c1-27-15-4-5-16-17(10-15)23-21(22-16)28-11-18(25)13-7-12-3-2-6-24-19(26)9-14(8-13)20(12)24/h4-5,7-8,10H,2-3,6,9,11H2,1H3,(H,22,23). The lowest BCUT2D eigenvalue weighted by Gasteiger charge is -2.25. The molecule has 0 atom stereocenters. The van der Waals surface area contributed by atoms with Crippen LogP contribution in [-0.2, 0) is 17.6 Å². The lowest BCUT2D eigenvalue weighted by molar-refractivity contribution is -0.117. The van der Waals surface area contributed by atoms with Crippen molar-refractivity contribution in [1.82, 2.24) is 9.97 Å². The summed E-state index contributed by atoms with van der Waals surface area (Å²) in [7, 11) is 1.63. The van der Waals surface area contributed by atoms with Crippen molar-refractivity contribution >= 4 is 40.2 Å². The molecule has 2 aliphatic rings. The van der Waals surface area contributed by atoms with Gasteiger partial charge in [0.15, 0.2) is 10.9 Å². The molecular weight excluding hydrogens is 374 g/mol. The van der Waals surface area contributed by atoms with Crippen LogP contribution in [0, 0.1) is 0 Å². The SMILES string of the molecule is COc1ccc2nc(SCC(=O)c3cc4c5c(c3)CC(=O)N5CCC4)[nH]c2c1. The summed E-state index contributed by atoms with van der Waals surface area (Å²) in [6.45, 7) is 0.790. The van der Waals surface area contributed by atoms with Gasteiger partial charge in [-0.3, -0.25) is 9.59 Å². The molecular formula is C21H19N3O3S. The van der Waals surface area contributed by atoms with E-state index in [0.717, 1.165) is 53.0 Å². The Morgan fingerprint density at radius 1 is 1.29 bits per heavy atom. The number of ether oxygens (including phenoxy) is 1. The monoisotopic (exact) mass is 393 g/mol. The first-order valence-corrected chi connectivity index (χ1v) is 10.3. The van der Waals surface area contributed by atoms with Gasteiger partial charge in [-0.1, -0.05) is 11.8 Å². The van der Waals surface area contributed by atoms with Gasteiger partial charge in [0.25, 0.3) is 0 Å². The lowest BCUT2D eigenvalue weighted by atomic mass is 9.96. The molecule has 0 aliphatic carbocycles. The summed E-state index contributed by atoms with van der Waals surface area (Å²) in [6, 6.07) is 9.51. The Bertz CT molecular complexity index is 1120. The number of nitrogens with zero attached hydrogens (tertiary/aromatic N) is 2. The summed E-state index contributed by atoms with van der Waals surface area (Å²) >= 11 is 1.39. The smallest absolute Gasteiger partial charge is 0.231 e. The molecule has 5 rings (SSSR count). The molecule has 1 aromatic heterocycles. The van der Waals surface area contributed by atoms with E-state index in [0.29, 0.717) is 22.9 Å².